The summed E-state index contributed by atoms with van der Waals surface area (Å²) in [7, 11) is 2.67. The molecule has 0 radical (unpaired) electrons. The molecule has 2 aromatic rings. The van der Waals surface area contributed by atoms with Crippen LogP contribution in [0, 0.1) is 6.57 Å². The molecule has 4 N–H and O–H groups in total. The van der Waals surface area contributed by atoms with Gasteiger partial charge in [0, 0.05) is 23.2 Å². The van der Waals surface area contributed by atoms with Crippen LogP contribution in [0.3, 0.4) is 0 Å². The van der Waals surface area contributed by atoms with Gasteiger partial charge in [-0.05, 0) is 48.2 Å². The summed E-state index contributed by atoms with van der Waals surface area (Å²) in [6.45, 7) is 9.36. The zero-order valence-electron chi connectivity index (χ0n) is 19.6. The van der Waals surface area contributed by atoms with E-state index in [1.165, 1.54) is 20.3 Å². The highest BCUT2D eigenvalue weighted by molar-refractivity contribution is 9.10. The fourth-order valence-corrected chi connectivity index (χ4v) is 4.81. The molecule has 0 bridgehead atoms. The minimum absolute atomic E-state index is 0.356. The average Bonchev–Trinajstić information content (AvgIpc) is 3.52. The van der Waals surface area contributed by atoms with Gasteiger partial charge in [-0.3, -0.25) is 0 Å². The SMILES string of the molecule is COC(=O)c1ccc(C2(N)CCOC2)c(Br)c1.[C-]#[N+]c1cc(C(=O)OC)ccc1C1(N)CCOC1. The molecule has 186 valence electrons. The number of carbonyl (C=O) groups excluding carboxylic acids is 2. The Morgan fingerprint density at radius 3 is 1.83 bits per heavy atom. The van der Waals surface area contributed by atoms with E-state index in [4.69, 9.17) is 27.5 Å². The van der Waals surface area contributed by atoms with Gasteiger partial charge < -0.3 is 30.4 Å². The van der Waals surface area contributed by atoms with Crippen LogP contribution >= 0.6 is 15.9 Å². The van der Waals surface area contributed by atoms with Crippen molar-refractivity contribution in [2.45, 2.75) is 23.9 Å². The standard InChI is InChI=1S/C13H14N2O3.C12H14BrNO3/c1-15-11-7-9(12(16)17-2)3-4-10(11)13(14)5-6-18-8-13;1-16-11(15)8-2-3-9(10(13)6-8)12(14)4-5-17-7-12/h3-4,7H,5-6,8,14H2,2H3;2-3,6H,4-5,7,14H2,1H3. The third-order valence-electron chi connectivity index (χ3n) is 6.11. The van der Waals surface area contributed by atoms with Crippen LogP contribution in [0.15, 0.2) is 40.9 Å². The van der Waals surface area contributed by atoms with E-state index in [1.807, 2.05) is 6.07 Å². The lowest BCUT2D eigenvalue weighted by atomic mass is 9.88. The van der Waals surface area contributed by atoms with E-state index in [2.05, 4.69) is 30.2 Å². The number of rotatable bonds is 4. The molecule has 4 rings (SSSR count). The van der Waals surface area contributed by atoms with Gasteiger partial charge in [0.15, 0.2) is 5.69 Å². The Balaban J connectivity index is 0.000000196. The van der Waals surface area contributed by atoms with Crippen LogP contribution in [0.5, 0.6) is 0 Å². The molecule has 0 amide bonds. The molecular formula is C25H28BrN3O6. The van der Waals surface area contributed by atoms with Gasteiger partial charge in [-0.15, -0.1) is 0 Å². The molecule has 0 saturated carbocycles. The van der Waals surface area contributed by atoms with Crippen molar-refractivity contribution in [3.05, 3.63) is 74.5 Å². The number of hydrogen-bond acceptors (Lipinski definition) is 8. The molecule has 2 atom stereocenters. The molecule has 35 heavy (non-hydrogen) atoms. The summed E-state index contributed by atoms with van der Waals surface area (Å²) in [5, 5.41) is 0. The smallest absolute Gasteiger partial charge is 0.337 e. The zero-order valence-corrected chi connectivity index (χ0v) is 21.2. The lowest BCUT2D eigenvalue weighted by Gasteiger charge is -2.24. The van der Waals surface area contributed by atoms with Crippen molar-refractivity contribution in [1.29, 1.82) is 0 Å². The molecule has 2 unspecified atom stereocenters. The van der Waals surface area contributed by atoms with E-state index in [-0.39, 0.29) is 5.97 Å². The molecule has 2 saturated heterocycles. The van der Waals surface area contributed by atoms with Gasteiger partial charge in [0.25, 0.3) is 0 Å². The highest BCUT2D eigenvalue weighted by Crippen LogP contribution is 2.35. The summed E-state index contributed by atoms with van der Waals surface area (Å²) in [6, 6.07) is 10.2. The molecule has 9 nitrogen and oxygen atoms in total. The average molecular weight is 546 g/mol. The van der Waals surface area contributed by atoms with Crippen LogP contribution in [0.4, 0.5) is 5.69 Å². The third kappa shape index (κ3) is 5.89. The lowest BCUT2D eigenvalue weighted by Crippen LogP contribution is -2.37. The minimum atomic E-state index is -0.630. The number of nitrogens with two attached hydrogens (primary N) is 2. The summed E-state index contributed by atoms with van der Waals surface area (Å²) < 4.78 is 20.7. The Labute approximate surface area is 212 Å². The summed E-state index contributed by atoms with van der Waals surface area (Å²) >= 11 is 3.45. The largest absolute Gasteiger partial charge is 0.465 e. The molecule has 2 aliphatic rings. The molecule has 2 fully saturated rings. The van der Waals surface area contributed by atoms with Gasteiger partial charge in [-0.2, -0.15) is 0 Å². The minimum Gasteiger partial charge on any atom is -0.465 e. The number of esters is 2. The maximum absolute atomic E-state index is 11.4. The highest BCUT2D eigenvalue weighted by atomic mass is 79.9. The first-order chi connectivity index (χ1) is 16.7. The Morgan fingerprint density at radius 2 is 1.40 bits per heavy atom. The van der Waals surface area contributed by atoms with Crippen LogP contribution in [0.25, 0.3) is 4.85 Å². The molecular weight excluding hydrogens is 518 g/mol. The topological polar surface area (TPSA) is 127 Å². The van der Waals surface area contributed by atoms with Crippen LogP contribution in [-0.4, -0.2) is 52.6 Å². The van der Waals surface area contributed by atoms with Crippen molar-refractivity contribution < 1.29 is 28.5 Å². The Morgan fingerprint density at radius 1 is 0.914 bits per heavy atom. The van der Waals surface area contributed by atoms with Gasteiger partial charge in [-0.1, -0.05) is 28.1 Å². The van der Waals surface area contributed by atoms with Crippen LogP contribution in [-0.2, 0) is 30.0 Å². The first-order valence-corrected chi connectivity index (χ1v) is 11.7. The quantitative estimate of drug-likeness (QED) is 0.441. The first-order valence-electron chi connectivity index (χ1n) is 10.9. The Kier molecular flexibility index (Phi) is 8.64. The lowest BCUT2D eigenvalue weighted by molar-refractivity contribution is 0.0592. The van der Waals surface area contributed by atoms with Gasteiger partial charge >= 0.3 is 11.9 Å². The Bertz CT molecular complexity index is 1130. The van der Waals surface area contributed by atoms with Crippen molar-refractivity contribution in [3.8, 4) is 0 Å². The molecule has 2 aliphatic heterocycles. The van der Waals surface area contributed by atoms with Gasteiger partial charge in [0.1, 0.15) is 0 Å². The molecule has 0 spiro atoms. The van der Waals surface area contributed by atoms with E-state index in [9.17, 15) is 9.59 Å². The second-order valence-electron chi connectivity index (χ2n) is 8.44. The summed E-state index contributed by atoms with van der Waals surface area (Å²) in [4.78, 5) is 26.2. The van der Waals surface area contributed by atoms with Crippen LogP contribution < -0.4 is 11.5 Å². The fraction of sp³-hybridized carbons (Fsp3) is 0.400. The first kappa shape index (κ1) is 26.8. The van der Waals surface area contributed by atoms with E-state index in [0.29, 0.717) is 49.7 Å². The number of nitrogens with zero attached hydrogens (tertiary/aromatic N) is 1. The van der Waals surface area contributed by atoms with Crippen molar-refractivity contribution in [2.75, 3.05) is 40.6 Å². The number of carbonyl (C=O) groups is 2. The second-order valence-corrected chi connectivity index (χ2v) is 9.29. The van der Waals surface area contributed by atoms with Crippen molar-refractivity contribution in [3.63, 3.8) is 0 Å². The van der Waals surface area contributed by atoms with Crippen molar-refractivity contribution >= 4 is 33.6 Å². The zero-order chi connectivity index (χ0) is 25.6. The number of hydrogen-bond donors (Lipinski definition) is 2. The predicted molar refractivity (Wildman–Crippen MR) is 132 cm³/mol. The number of benzene rings is 2. The molecule has 0 aromatic heterocycles. The summed E-state index contributed by atoms with van der Waals surface area (Å²) in [6.07, 6.45) is 1.45. The highest BCUT2D eigenvalue weighted by Gasteiger charge is 2.35. The van der Waals surface area contributed by atoms with Gasteiger partial charge in [-0.25, -0.2) is 14.4 Å². The van der Waals surface area contributed by atoms with Crippen molar-refractivity contribution in [1.82, 2.24) is 0 Å². The van der Waals surface area contributed by atoms with E-state index in [1.54, 1.807) is 24.3 Å². The second kappa shape index (κ2) is 11.3. The Hall–Kier alpha value is -2.81. The van der Waals surface area contributed by atoms with Gasteiger partial charge in [0.05, 0.1) is 50.6 Å². The summed E-state index contributed by atoms with van der Waals surface area (Å²) in [5.41, 5.74) is 14.3. The van der Waals surface area contributed by atoms with Gasteiger partial charge in [0.2, 0.25) is 0 Å². The molecule has 0 aliphatic carbocycles. The number of halogens is 1. The molecule has 10 heteroatoms. The normalized spacial score (nSPS) is 23.1. The maximum atomic E-state index is 11.4. The van der Waals surface area contributed by atoms with E-state index in [0.717, 1.165) is 22.0 Å². The molecule has 2 heterocycles. The van der Waals surface area contributed by atoms with Crippen molar-refractivity contribution in [2.24, 2.45) is 11.5 Å². The monoisotopic (exact) mass is 545 g/mol. The summed E-state index contributed by atoms with van der Waals surface area (Å²) in [5.74, 6) is -0.814. The fourth-order valence-electron chi connectivity index (χ4n) is 4.04. The maximum Gasteiger partial charge on any atom is 0.337 e. The van der Waals surface area contributed by atoms with E-state index < -0.39 is 17.0 Å². The predicted octanol–water partition coefficient (Wildman–Crippen LogP) is 3.41. The van der Waals surface area contributed by atoms with E-state index >= 15 is 0 Å². The van der Waals surface area contributed by atoms with Crippen LogP contribution in [0.2, 0.25) is 0 Å². The third-order valence-corrected chi connectivity index (χ3v) is 6.76. The molecule has 2 aromatic carbocycles. The number of methoxy groups -OCH3 is 2. The number of ether oxygens (including phenoxy) is 4. The van der Waals surface area contributed by atoms with Crippen LogP contribution in [0.1, 0.15) is 44.7 Å².